The van der Waals surface area contributed by atoms with Crippen molar-refractivity contribution < 1.29 is 9.47 Å². The number of thiazole rings is 1. The molecule has 0 atom stereocenters. The van der Waals surface area contributed by atoms with Crippen LogP contribution in [0.2, 0.25) is 0 Å². The minimum absolute atomic E-state index is 0.0340. The molecule has 5 rings (SSSR count). The molecule has 5 aromatic rings. The lowest BCUT2D eigenvalue weighted by atomic mass is 10.0. The van der Waals surface area contributed by atoms with E-state index in [1.165, 1.54) is 22.5 Å². The fourth-order valence-corrected chi connectivity index (χ4v) is 5.09. The molecule has 0 aliphatic carbocycles. The summed E-state index contributed by atoms with van der Waals surface area (Å²) in [6, 6.07) is 21.9. The van der Waals surface area contributed by atoms with Crippen LogP contribution in [0.15, 0.2) is 71.5 Å². The molecule has 0 bridgehead atoms. The van der Waals surface area contributed by atoms with Gasteiger partial charge in [0.25, 0.3) is 5.56 Å². The highest BCUT2D eigenvalue weighted by Crippen LogP contribution is 2.27. The van der Waals surface area contributed by atoms with Gasteiger partial charge in [0.15, 0.2) is 4.96 Å². The van der Waals surface area contributed by atoms with Gasteiger partial charge in [0.05, 0.1) is 28.8 Å². The molecule has 0 amide bonds. The molecule has 0 aliphatic heterocycles. The molecule has 0 saturated carbocycles. The second-order valence-electron chi connectivity index (χ2n) is 8.95. The van der Waals surface area contributed by atoms with Crippen molar-refractivity contribution in [3.63, 3.8) is 0 Å². The zero-order valence-electron chi connectivity index (χ0n) is 20.2. The van der Waals surface area contributed by atoms with E-state index in [4.69, 9.17) is 9.47 Å². The van der Waals surface area contributed by atoms with E-state index in [9.17, 15) is 4.79 Å². The molecule has 6 heteroatoms. The largest absolute Gasteiger partial charge is 0.493 e. The van der Waals surface area contributed by atoms with E-state index >= 15 is 0 Å². The van der Waals surface area contributed by atoms with Crippen LogP contribution < -0.4 is 19.6 Å². The Morgan fingerprint density at radius 1 is 1.00 bits per heavy atom. The number of hydrogen-bond donors (Lipinski definition) is 0. The Labute approximate surface area is 208 Å². The van der Waals surface area contributed by atoms with Crippen molar-refractivity contribution in [2.24, 2.45) is 0 Å². The van der Waals surface area contributed by atoms with Gasteiger partial charge in [-0.05, 0) is 65.9 Å². The molecule has 0 unspecified atom stereocenters. The molecule has 0 fully saturated rings. The van der Waals surface area contributed by atoms with Crippen LogP contribution in [0.25, 0.3) is 22.1 Å². The summed E-state index contributed by atoms with van der Waals surface area (Å²) >= 11 is 1.41. The molecule has 2 aromatic heterocycles. The van der Waals surface area contributed by atoms with Crippen LogP contribution in [0, 0.1) is 6.92 Å². The third kappa shape index (κ3) is 4.93. The Kier molecular flexibility index (Phi) is 6.55. The second-order valence-corrected chi connectivity index (χ2v) is 9.96. The van der Waals surface area contributed by atoms with Gasteiger partial charge in [-0.2, -0.15) is 0 Å². The maximum atomic E-state index is 12.9. The van der Waals surface area contributed by atoms with Gasteiger partial charge in [-0.25, -0.2) is 9.38 Å². The highest BCUT2D eigenvalue weighted by molar-refractivity contribution is 7.15. The third-order valence-electron chi connectivity index (χ3n) is 5.93. The van der Waals surface area contributed by atoms with E-state index in [1.54, 1.807) is 4.40 Å². The van der Waals surface area contributed by atoms with Gasteiger partial charge in [0, 0.05) is 6.42 Å². The molecule has 2 heterocycles. The van der Waals surface area contributed by atoms with Gasteiger partial charge in [0.1, 0.15) is 11.5 Å². The lowest BCUT2D eigenvalue weighted by molar-refractivity contribution is 0.245. The minimum Gasteiger partial charge on any atom is -0.493 e. The Bertz CT molecular complexity index is 1580. The van der Waals surface area contributed by atoms with Crippen LogP contribution in [0.1, 0.15) is 42.9 Å². The summed E-state index contributed by atoms with van der Waals surface area (Å²) in [6.07, 6.45) is 2.70. The first kappa shape index (κ1) is 23.1. The first-order chi connectivity index (χ1) is 17.0. The van der Waals surface area contributed by atoms with E-state index in [1.807, 2.05) is 54.6 Å². The molecule has 0 aliphatic rings. The zero-order chi connectivity index (χ0) is 24.4. The number of para-hydroxylation sites is 2. The lowest BCUT2D eigenvalue weighted by Crippen LogP contribution is -2.22. The summed E-state index contributed by atoms with van der Waals surface area (Å²) in [4.78, 5) is 18.2. The van der Waals surface area contributed by atoms with E-state index in [0.29, 0.717) is 23.7 Å². The minimum atomic E-state index is -0.0340. The van der Waals surface area contributed by atoms with Gasteiger partial charge in [-0.3, -0.25) is 4.79 Å². The molecular weight excluding hydrogens is 456 g/mol. The predicted octanol–water partition coefficient (Wildman–Crippen LogP) is 5.74. The van der Waals surface area contributed by atoms with Gasteiger partial charge < -0.3 is 9.47 Å². The summed E-state index contributed by atoms with van der Waals surface area (Å²) in [6.45, 7) is 7.62. The van der Waals surface area contributed by atoms with Crippen LogP contribution in [0.4, 0.5) is 0 Å². The summed E-state index contributed by atoms with van der Waals surface area (Å²) in [5.41, 5.74) is 5.04. The van der Waals surface area contributed by atoms with Gasteiger partial charge in [-0.15, -0.1) is 0 Å². The Morgan fingerprint density at radius 2 is 1.77 bits per heavy atom. The van der Waals surface area contributed by atoms with Crippen molar-refractivity contribution in [3.8, 4) is 11.5 Å². The highest BCUT2D eigenvalue weighted by atomic mass is 32.1. The fourth-order valence-electron chi connectivity index (χ4n) is 4.10. The number of aromatic nitrogens is 2. The van der Waals surface area contributed by atoms with Crippen molar-refractivity contribution in [3.05, 3.63) is 98.3 Å². The maximum Gasteiger partial charge on any atom is 0.274 e. The Hall–Kier alpha value is -3.64. The number of ether oxygens (including phenoxy) is 2. The summed E-state index contributed by atoms with van der Waals surface area (Å²) < 4.78 is 14.3. The number of fused-ring (bicyclic) bond motifs is 3. The average molecular weight is 485 g/mol. The number of hydrogen-bond acceptors (Lipinski definition) is 5. The van der Waals surface area contributed by atoms with Crippen LogP contribution >= 0.6 is 11.3 Å². The second kappa shape index (κ2) is 9.92. The highest BCUT2D eigenvalue weighted by Gasteiger charge is 2.11. The van der Waals surface area contributed by atoms with Crippen molar-refractivity contribution in [1.29, 1.82) is 0 Å². The quantitative estimate of drug-likeness (QED) is 0.264. The van der Waals surface area contributed by atoms with E-state index < -0.39 is 0 Å². The average Bonchev–Trinajstić information content (AvgIpc) is 3.35. The monoisotopic (exact) mass is 484 g/mol. The van der Waals surface area contributed by atoms with Gasteiger partial charge in [-0.1, -0.05) is 61.6 Å². The van der Waals surface area contributed by atoms with Gasteiger partial charge in [0.2, 0.25) is 0 Å². The molecule has 0 N–H and O–H groups in total. The lowest BCUT2D eigenvalue weighted by Gasteiger charge is -2.15. The molecule has 3 aromatic carbocycles. The molecule has 0 saturated heterocycles. The molecule has 5 nitrogen and oxygen atoms in total. The molecular formula is C29H28N2O3S. The third-order valence-corrected chi connectivity index (χ3v) is 6.90. The first-order valence-electron chi connectivity index (χ1n) is 11.9. The van der Waals surface area contributed by atoms with E-state index in [2.05, 4.69) is 44.0 Å². The topological polar surface area (TPSA) is 52.8 Å². The predicted molar refractivity (Wildman–Crippen MR) is 143 cm³/mol. The number of rotatable bonds is 8. The number of imidazole rings is 1. The van der Waals surface area contributed by atoms with Crippen LogP contribution in [-0.4, -0.2) is 22.6 Å². The normalized spacial score (nSPS) is 12.2. The smallest absolute Gasteiger partial charge is 0.274 e. The standard InChI is InChI=1S/C29H28N2O3S/c1-19(2)23-14-9-20(3)17-26(23)34-16-6-15-33-22-12-10-21(11-13-22)18-27-28(32)31-25-8-5-4-7-24(25)30-29(31)35-27/h4-5,7-14,17-19H,6,15-16H2,1-3H3/b27-18-. The molecule has 35 heavy (non-hydrogen) atoms. The Balaban J connectivity index is 1.20. The SMILES string of the molecule is Cc1ccc(C(C)C)c(OCCCOc2ccc(/C=c3\sc4nc5ccccc5n4c3=O)cc2)c1. The number of benzene rings is 3. The molecule has 0 radical (unpaired) electrons. The molecule has 0 spiro atoms. The van der Waals surface area contributed by atoms with E-state index in [-0.39, 0.29) is 5.56 Å². The Morgan fingerprint density at radius 3 is 2.57 bits per heavy atom. The van der Waals surface area contributed by atoms with Crippen LogP contribution in [-0.2, 0) is 0 Å². The summed E-state index contributed by atoms with van der Waals surface area (Å²) in [5.74, 6) is 2.19. The molecule has 178 valence electrons. The maximum absolute atomic E-state index is 12.9. The number of aryl methyl sites for hydroxylation is 1. The van der Waals surface area contributed by atoms with Crippen molar-refractivity contribution in [2.75, 3.05) is 13.2 Å². The first-order valence-corrected chi connectivity index (χ1v) is 12.7. The van der Waals surface area contributed by atoms with Gasteiger partial charge >= 0.3 is 0 Å². The number of nitrogens with zero attached hydrogens (tertiary/aromatic N) is 2. The fraction of sp³-hybridized carbons (Fsp3) is 0.241. The zero-order valence-corrected chi connectivity index (χ0v) is 21.0. The van der Waals surface area contributed by atoms with Crippen molar-refractivity contribution in [2.45, 2.75) is 33.1 Å². The van der Waals surface area contributed by atoms with E-state index in [0.717, 1.165) is 39.5 Å². The van der Waals surface area contributed by atoms with Crippen LogP contribution in [0.3, 0.4) is 0 Å². The summed E-state index contributed by atoms with van der Waals surface area (Å²) in [5, 5.41) is 0. The van der Waals surface area contributed by atoms with Crippen LogP contribution in [0.5, 0.6) is 11.5 Å². The van der Waals surface area contributed by atoms with Crippen molar-refractivity contribution >= 4 is 33.4 Å². The summed E-state index contributed by atoms with van der Waals surface area (Å²) in [7, 11) is 0. The van der Waals surface area contributed by atoms with Crippen molar-refractivity contribution in [1.82, 2.24) is 9.38 Å².